The number of carbonyl (C=O) groups excluding carboxylic acids is 3. The van der Waals surface area contributed by atoms with Crippen molar-refractivity contribution in [3.8, 4) is 0 Å². The number of hydrogen-bond acceptors (Lipinski definition) is 6. The van der Waals surface area contributed by atoms with E-state index in [-0.39, 0.29) is 35.8 Å². The molecule has 1 saturated heterocycles. The van der Waals surface area contributed by atoms with Gasteiger partial charge in [-0.05, 0) is 31.1 Å². The standard InChI is InChI=1S/C18H26N4O4/c1-10(24)8-20-13-7-12-11(2)15(12)16(13)17(19)18(26)22-5-3-21(4-6-22)14(25)9-23/h11-12,15,23H,3-9,19H2,1-2H3/b17-16+,20-13?/t11-,12?,15?/m1/s1. The normalized spacial score (nSPS) is 31.0. The number of Topliss-reactive ketones (excluding diaryl/α,β-unsaturated/α-hetero) is 1. The zero-order valence-corrected chi connectivity index (χ0v) is 15.3. The van der Waals surface area contributed by atoms with Crippen molar-refractivity contribution >= 4 is 23.3 Å². The first-order valence-electron chi connectivity index (χ1n) is 9.05. The molecule has 3 rings (SSSR count). The molecule has 3 aliphatic rings. The summed E-state index contributed by atoms with van der Waals surface area (Å²) in [6.07, 6.45) is 0.779. The minimum atomic E-state index is -0.517. The van der Waals surface area contributed by atoms with E-state index >= 15 is 0 Å². The van der Waals surface area contributed by atoms with E-state index in [1.54, 1.807) is 9.80 Å². The fourth-order valence-corrected chi connectivity index (χ4v) is 4.10. The van der Waals surface area contributed by atoms with Crippen molar-refractivity contribution in [1.29, 1.82) is 0 Å². The van der Waals surface area contributed by atoms with Crippen LogP contribution in [0.15, 0.2) is 16.3 Å². The fourth-order valence-electron chi connectivity index (χ4n) is 4.10. The van der Waals surface area contributed by atoms with E-state index in [4.69, 9.17) is 10.8 Å². The molecule has 0 aromatic heterocycles. The maximum absolute atomic E-state index is 12.9. The van der Waals surface area contributed by atoms with Crippen LogP contribution in [0.25, 0.3) is 0 Å². The van der Waals surface area contributed by atoms with Crippen molar-refractivity contribution in [3.63, 3.8) is 0 Å². The minimum absolute atomic E-state index is 0.0138. The number of nitrogens with zero attached hydrogens (tertiary/aromatic N) is 3. The summed E-state index contributed by atoms with van der Waals surface area (Å²) < 4.78 is 0. The van der Waals surface area contributed by atoms with E-state index in [0.717, 1.165) is 17.7 Å². The zero-order chi connectivity index (χ0) is 19.0. The van der Waals surface area contributed by atoms with Crippen molar-refractivity contribution in [2.24, 2.45) is 28.5 Å². The average molecular weight is 362 g/mol. The third-order valence-electron chi connectivity index (χ3n) is 5.70. The molecule has 3 atom stereocenters. The van der Waals surface area contributed by atoms with Crippen LogP contribution in [0.5, 0.6) is 0 Å². The molecule has 0 spiro atoms. The van der Waals surface area contributed by atoms with Gasteiger partial charge in [-0.25, -0.2) is 0 Å². The largest absolute Gasteiger partial charge is 0.394 e. The van der Waals surface area contributed by atoms with Crippen molar-refractivity contribution in [3.05, 3.63) is 11.3 Å². The predicted octanol–water partition coefficient (Wildman–Crippen LogP) is -0.822. The van der Waals surface area contributed by atoms with Gasteiger partial charge in [0.2, 0.25) is 5.91 Å². The number of fused-ring (bicyclic) bond motifs is 1. The summed E-state index contributed by atoms with van der Waals surface area (Å²) in [5, 5.41) is 8.93. The maximum atomic E-state index is 12.9. The highest BCUT2D eigenvalue weighted by Gasteiger charge is 2.56. The number of allylic oxidation sites excluding steroid dienone is 1. The summed E-state index contributed by atoms with van der Waals surface area (Å²) in [5.74, 6) is 0.661. The number of carbonyl (C=O) groups is 3. The first-order chi connectivity index (χ1) is 12.3. The molecule has 2 aliphatic carbocycles. The number of amides is 2. The van der Waals surface area contributed by atoms with Crippen molar-refractivity contribution in [2.75, 3.05) is 39.3 Å². The topological polar surface area (TPSA) is 116 Å². The van der Waals surface area contributed by atoms with Gasteiger partial charge in [0.15, 0.2) is 5.78 Å². The lowest BCUT2D eigenvalue weighted by Crippen LogP contribution is -2.52. The van der Waals surface area contributed by atoms with E-state index in [9.17, 15) is 14.4 Å². The molecule has 8 heteroatoms. The Morgan fingerprint density at radius 1 is 1.19 bits per heavy atom. The lowest BCUT2D eigenvalue weighted by Gasteiger charge is -2.34. The van der Waals surface area contributed by atoms with Crippen molar-refractivity contribution < 1.29 is 19.5 Å². The molecule has 1 heterocycles. The number of hydrogen-bond donors (Lipinski definition) is 2. The van der Waals surface area contributed by atoms with Gasteiger partial charge in [-0.15, -0.1) is 0 Å². The van der Waals surface area contributed by atoms with Gasteiger partial charge in [0.25, 0.3) is 5.91 Å². The Kier molecular flexibility index (Phi) is 5.13. The van der Waals surface area contributed by atoms with Crippen LogP contribution >= 0.6 is 0 Å². The summed E-state index contributed by atoms with van der Waals surface area (Å²) in [5.41, 5.74) is 8.10. The molecule has 0 aromatic rings. The maximum Gasteiger partial charge on any atom is 0.270 e. The Labute approximate surface area is 152 Å². The number of piperazine rings is 1. The smallest absolute Gasteiger partial charge is 0.270 e. The summed E-state index contributed by atoms with van der Waals surface area (Å²) in [6, 6.07) is 0. The van der Waals surface area contributed by atoms with E-state index in [2.05, 4.69) is 11.9 Å². The van der Waals surface area contributed by atoms with Gasteiger partial charge in [0, 0.05) is 37.5 Å². The lowest BCUT2D eigenvalue weighted by atomic mass is 10.0. The number of aliphatic hydroxyl groups excluding tert-OH is 1. The quantitative estimate of drug-likeness (QED) is 0.634. The Morgan fingerprint density at radius 2 is 1.81 bits per heavy atom. The highest BCUT2D eigenvalue weighted by molar-refractivity contribution is 6.11. The lowest BCUT2D eigenvalue weighted by molar-refractivity contribution is -0.139. The number of rotatable bonds is 4. The number of ketones is 1. The minimum Gasteiger partial charge on any atom is -0.394 e. The SMILES string of the molecule is CC(=O)CN=C1CC2C(/C1=C(/N)C(=O)N1CCN(C(=O)CO)CC1)[C@@H]2C. The van der Waals surface area contributed by atoms with Crippen LogP contribution in [-0.2, 0) is 14.4 Å². The molecule has 26 heavy (non-hydrogen) atoms. The van der Waals surface area contributed by atoms with Crippen molar-refractivity contribution in [1.82, 2.24) is 9.80 Å². The summed E-state index contributed by atoms with van der Waals surface area (Å²) in [4.78, 5) is 43.2. The first kappa shape index (κ1) is 18.6. The van der Waals surface area contributed by atoms with E-state index in [0.29, 0.717) is 38.0 Å². The summed E-state index contributed by atoms with van der Waals surface area (Å²) in [6.45, 7) is 4.81. The number of aliphatic hydroxyl groups is 1. The molecule has 2 unspecified atom stereocenters. The summed E-state index contributed by atoms with van der Waals surface area (Å²) in [7, 11) is 0. The van der Waals surface area contributed by atoms with E-state index in [1.807, 2.05) is 0 Å². The van der Waals surface area contributed by atoms with Gasteiger partial charge in [-0.3, -0.25) is 19.4 Å². The van der Waals surface area contributed by atoms with Gasteiger partial charge in [-0.1, -0.05) is 6.92 Å². The molecule has 3 N–H and O–H groups in total. The van der Waals surface area contributed by atoms with Crippen LogP contribution < -0.4 is 5.73 Å². The van der Waals surface area contributed by atoms with Gasteiger partial charge in [-0.2, -0.15) is 0 Å². The van der Waals surface area contributed by atoms with Crippen LogP contribution in [0.2, 0.25) is 0 Å². The molecule has 8 nitrogen and oxygen atoms in total. The molecule has 0 radical (unpaired) electrons. The van der Waals surface area contributed by atoms with Crippen LogP contribution in [0.1, 0.15) is 20.3 Å². The van der Waals surface area contributed by atoms with Crippen LogP contribution in [0.4, 0.5) is 0 Å². The zero-order valence-electron chi connectivity index (χ0n) is 15.3. The number of aliphatic imine (C=N–C) groups is 1. The third kappa shape index (κ3) is 3.38. The van der Waals surface area contributed by atoms with Crippen LogP contribution in [-0.4, -0.2) is 77.5 Å². The van der Waals surface area contributed by atoms with Gasteiger partial charge in [0.1, 0.15) is 12.3 Å². The Balaban J connectivity index is 1.74. The fraction of sp³-hybridized carbons (Fsp3) is 0.667. The van der Waals surface area contributed by atoms with Gasteiger partial charge >= 0.3 is 0 Å². The number of nitrogens with two attached hydrogens (primary N) is 1. The summed E-state index contributed by atoms with van der Waals surface area (Å²) >= 11 is 0. The molecular weight excluding hydrogens is 336 g/mol. The molecule has 1 aliphatic heterocycles. The Morgan fingerprint density at radius 3 is 2.38 bits per heavy atom. The highest BCUT2D eigenvalue weighted by atomic mass is 16.3. The van der Waals surface area contributed by atoms with Gasteiger partial charge in [0.05, 0.1) is 6.54 Å². The van der Waals surface area contributed by atoms with E-state index < -0.39 is 6.61 Å². The average Bonchev–Trinajstić information content (AvgIpc) is 3.09. The first-order valence-corrected chi connectivity index (χ1v) is 9.05. The second-order valence-electron chi connectivity index (χ2n) is 7.38. The monoisotopic (exact) mass is 362 g/mol. The van der Waals surface area contributed by atoms with Crippen molar-refractivity contribution in [2.45, 2.75) is 20.3 Å². The third-order valence-corrected chi connectivity index (χ3v) is 5.70. The Hall–Kier alpha value is -2.22. The van der Waals surface area contributed by atoms with E-state index in [1.165, 1.54) is 6.92 Å². The second-order valence-corrected chi connectivity index (χ2v) is 7.38. The predicted molar refractivity (Wildman–Crippen MR) is 95.2 cm³/mol. The van der Waals surface area contributed by atoms with Gasteiger partial charge < -0.3 is 20.6 Å². The molecular formula is C18H26N4O4. The molecule has 2 saturated carbocycles. The molecule has 0 bridgehead atoms. The molecule has 142 valence electrons. The second kappa shape index (κ2) is 7.19. The van der Waals surface area contributed by atoms with Crippen LogP contribution in [0, 0.1) is 17.8 Å². The molecule has 3 fully saturated rings. The molecule has 0 aromatic carbocycles. The highest BCUT2D eigenvalue weighted by Crippen LogP contribution is 2.59. The Bertz CT molecular complexity index is 691. The van der Waals surface area contributed by atoms with Crippen LogP contribution in [0.3, 0.4) is 0 Å². The molecule has 2 amide bonds.